The van der Waals surface area contributed by atoms with Gasteiger partial charge in [0.1, 0.15) is 11.4 Å². The summed E-state index contributed by atoms with van der Waals surface area (Å²) < 4.78 is 6.16. The number of benzene rings is 1. The van der Waals surface area contributed by atoms with Crippen molar-refractivity contribution in [2.75, 3.05) is 5.73 Å². The van der Waals surface area contributed by atoms with E-state index < -0.39 is 0 Å². The Hall–Kier alpha value is -1.51. The van der Waals surface area contributed by atoms with Gasteiger partial charge in [0.15, 0.2) is 5.78 Å². The minimum Gasteiger partial charge on any atom is -0.486 e. The van der Waals surface area contributed by atoms with Gasteiger partial charge in [0.25, 0.3) is 0 Å². The molecule has 0 bridgehead atoms. The van der Waals surface area contributed by atoms with E-state index in [1.54, 1.807) is 18.2 Å². The van der Waals surface area contributed by atoms with Crippen molar-refractivity contribution < 1.29 is 9.53 Å². The topological polar surface area (TPSA) is 52.3 Å². The lowest BCUT2D eigenvalue weighted by Gasteiger charge is -2.42. The number of hydrogen-bond acceptors (Lipinski definition) is 3. The van der Waals surface area contributed by atoms with Gasteiger partial charge in [-0.2, -0.15) is 0 Å². The molecule has 0 radical (unpaired) electrons. The lowest BCUT2D eigenvalue weighted by Crippen LogP contribution is -2.44. The van der Waals surface area contributed by atoms with E-state index in [0.717, 1.165) is 31.6 Å². The maximum atomic E-state index is 12.2. The largest absolute Gasteiger partial charge is 0.486 e. The molecule has 3 heteroatoms. The molecule has 1 heterocycles. The first-order valence-corrected chi connectivity index (χ1v) is 6.70. The van der Waals surface area contributed by atoms with Gasteiger partial charge >= 0.3 is 0 Å². The number of hydrogen-bond donors (Lipinski definition) is 1. The van der Waals surface area contributed by atoms with Crippen molar-refractivity contribution in [2.45, 2.75) is 44.6 Å². The number of Topliss-reactive ketones (excluding diaryl/α,β-unsaturated/α-hetero) is 1. The Morgan fingerprint density at radius 3 is 2.78 bits per heavy atom. The molecule has 1 aromatic rings. The van der Waals surface area contributed by atoms with Crippen LogP contribution in [0.2, 0.25) is 0 Å². The monoisotopic (exact) mass is 245 g/mol. The summed E-state index contributed by atoms with van der Waals surface area (Å²) in [5.41, 5.74) is 6.86. The van der Waals surface area contributed by atoms with Gasteiger partial charge in [0, 0.05) is 11.8 Å². The van der Waals surface area contributed by atoms with Crippen LogP contribution in [0.4, 0.5) is 5.69 Å². The van der Waals surface area contributed by atoms with Gasteiger partial charge in [-0.05, 0) is 43.7 Å². The standard InChI is InChI=1S/C15H19NO2/c1-10-4-6-15(7-5-10)9-13(17)12-3-2-11(16)8-14(12)18-15/h2-3,8,10H,4-7,9,16H2,1H3. The molecule has 2 N–H and O–H groups in total. The van der Waals surface area contributed by atoms with Crippen molar-refractivity contribution in [1.29, 1.82) is 0 Å². The average Bonchev–Trinajstić information content (AvgIpc) is 2.33. The van der Waals surface area contributed by atoms with Gasteiger partial charge in [-0.25, -0.2) is 0 Å². The fourth-order valence-electron chi connectivity index (χ4n) is 3.08. The van der Waals surface area contributed by atoms with Crippen molar-refractivity contribution in [3.63, 3.8) is 0 Å². The molecule has 1 aromatic carbocycles. The Labute approximate surface area is 107 Å². The molecule has 1 aliphatic carbocycles. The van der Waals surface area contributed by atoms with E-state index >= 15 is 0 Å². The summed E-state index contributed by atoms with van der Waals surface area (Å²) in [6.45, 7) is 2.27. The third-order valence-electron chi connectivity index (χ3n) is 4.30. The molecular formula is C15H19NO2. The Bertz CT molecular complexity index is 487. The summed E-state index contributed by atoms with van der Waals surface area (Å²) in [4.78, 5) is 12.2. The van der Waals surface area contributed by atoms with Gasteiger partial charge < -0.3 is 10.5 Å². The lowest BCUT2D eigenvalue weighted by molar-refractivity contribution is 0.00409. The van der Waals surface area contributed by atoms with Crippen LogP contribution in [0.1, 0.15) is 49.4 Å². The van der Waals surface area contributed by atoms with Crippen LogP contribution in [0.3, 0.4) is 0 Å². The van der Waals surface area contributed by atoms with Crippen LogP contribution in [0.15, 0.2) is 18.2 Å². The number of nitrogens with two attached hydrogens (primary N) is 1. The second-order valence-corrected chi connectivity index (χ2v) is 5.82. The molecule has 0 amide bonds. The van der Waals surface area contributed by atoms with Crippen molar-refractivity contribution in [3.05, 3.63) is 23.8 Å². The van der Waals surface area contributed by atoms with E-state index in [-0.39, 0.29) is 11.4 Å². The predicted molar refractivity (Wildman–Crippen MR) is 70.8 cm³/mol. The third-order valence-corrected chi connectivity index (χ3v) is 4.30. The zero-order chi connectivity index (χ0) is 12.8. The van der Waals surface area contributed by atoms with E-state index in [1.807, 2.05) is 0 Å². The Kier molecular flexibility index (Phi) is 2.58. The Balaban J connectivity index is 1.93. The lowest BCUT2D eigenvalue weighted by atomic mass is 9.75. The highest BCUT2D eigenvalue weighted by Gasteiger charge is 2.42. The van der Waals surface area contributed by atoms with Gasteiger partial charge in [-0.15, -0.1) is 0 Å². The van der Waals surface area contributed by atoms with Crippen molar-refractivity contribution >= 4 is 11.5 Å². The number of carbonyl (C=O) groups is 1. The number of ketones is 1. The van der Waals surface area contributed by atoms with Crippen LogP contribution in [0.25, 0.3) is 0 Å². The predicted octanol–water partition coefficient (Wildman–Crippen LogP) is 3.18. The number of rotatable bonds is 0. The summed E-state index contributed by atoms with van der Waals surface area (Å²) in [5, 5.41) is 0. The van der Waals surface area contributed by atoms with E-state index in [2.05, 4.69) is 6.92 Å². The summed E-state index contributed by atoms with van der Waals surface area (Å²) in [6.07, 6.45) is 4.77. The molecule has 0 atom stereocenters. The fourth-order valence-corrected chi connectivity index (χ4v) is 3.08. The molecule has 0 saturated heterocycles. The Morgan fingerprint density at radius 2 is 2.06 bits per heavy atom. The highest BCUT2D eigenvalue weighted by molar-refractivity contribution is 6.00. The first kappa shape index (κ1) is 11.6. The molecule has 1 aliphatic heterocycles. The van der Waals surface area contributed by atoms with Crippen LogP contribution < -0.4 is 10.5 Å². The fraction of sp³-hybridized carbons (Fsp3) is 0.533. The molecular weight excluding hydrogens is 226 g/mol. The molecule has 2 aliphatic rings. The van der Waals surface area contributed by atoms with Gasteiger partial charge in [0.2, 0.25) is 0 Å². The molecule has 1 spiro atoms. The van der Waals surface area contributed by atoms with Crippen molar-refractivity contribution in [1.82, 2.24) is 0 Å². The molecule has 0 unspecified atom stereocenters. The van der Waals surface area contributed by atoms with Crippen LogP contribution in [-0.2, 0) is 0 Å². The zero-order valence-corrected chi connectivity index (χ0v) is 10.7. The van der Waals surface area contributed by atoms with E-state index in [4.69, 9.17) is 10.5 Å². The SMILES string of the molecule is CC1CCC2(CC1)CC(=O)c1ccc(N)cc1O2. The Morgan fingerprint density at radius 1 is 1.33 bits per heavy atom. The highest BCUT2D eigenvalue weighted by atomic mass is 16.5. The molecule has 1 fully saturated rings. The number of ether oxygens (including phenoxy) is 1. The highest BCUT2D eigenvalue weighted by Crippen LogP contribution is 2.43. The molecule has 3 nitrogen and oxygen atoms in total. The van der Waals surface area contributed by atoms with Crippen molar-refractivity contribution in [3.8, 4) is 5.75 Å². The minimum atomic E-state index is -0.260. The van der Waals surface area contributed by atoms with Gasteiger partial charge in [-0.1, -0.05) is 6.92 Å². The maximum Gasteiger partial charge on any atom is 0.170 e. The quantitative estimate of drug-likeness (QED) is 0.714. The van der Waals surface area contributed by atoms with E-state index in [0.29, 0.717) is 23.4 Å². The number of fused-ring (bicyclic) bond motifs is 1. The molecule has 18 heavy (non-hydrogen) atoms. The molecule has 0 aromatic heterocycles. The molecule has 96 valence electrons. The average molecular weight is 245 g/mol. The second-order valence-electron chi connectivity index (χ2n) is 5.82. The van der Waals surface area contributed by atoms with Crippen LogP contribution in [0, 0.1) is 5.92 Å². The zero-order valence-electron chi connectivity index (χ0n) is 10.7. The second kappa shape index (κ2) is 4.01. The van der Waals surface area contributed by atoms with Crippen LogP contribution >= 0.6 is 0 Å². The minimum absolute atomic E-state index is 0.200. The summed E-state index contributed by atoms with van der Waals surface area (Å²) >= 11 is 0. The van der Waals surface area contributed by atoms with Crippen molar-refractivity contribution in [2.24, 2.45) is 5.92 Å². The van der Waals surface area contributed by atoms with Gasteiger partial charge in [-0.3, -0.25) is 4.79 Å². The number of anilines is 1. The summed E-state index contributed by atoms with van der Waals surface area (Å²) in [5.74, 6) is 1.63. The molecule has 3 rings (SSSR count). The van der Waals surface area contributed by atoms with E-state index in [1.165, 1.54) is 0 Å². The first-order valence-electron chi connectivity index (χ1n) is 6.70. The first-order chi connectivity index (χ1) is 8.58. The van der Waals surface area contributed by atoms with Crippen LogP contribution in [-0.4, -0.2) is 11.4 Å². The summed E-state index contributed by atoms with van der Waals surface area (Å²) in [7, 11) is 0. The normalized spacial score (nSPS) is 30.9. The van der Waals surface area contributed by atoms with E-state index in [9.17, 15) is 4.79 Å². The van der Waals surface area contributed by atoms with Gasteiger partial charge in [0.05, 0.1) is 12.0 Å². The maximum absolute atomic E-state index is 12.2. The van der Waals surface area contributed by atoms with Crippen LogP contribution in [0.5, 0.6) is 5.75 Å². The summed E-state index contributed by atoms with van der Waals surface area (Å²) in [6, 6.07) is 5.33. The molecule has 1 saturated carbocycles. The number of nitrogen functional groups attached to an aromatic ring is 1. The number of carbonyl (C=O) groups excluding carboxylic acids is 1. The smallest absolute Gasteiger partial charge is 0.170 e. The third kappa shape index (κ3) is 1.88.